The maximum absolute atomic E-state index is 13.8. The number of ether oxygens (including phenoxy) is 1. The number of hydrogen-bond donors (Lipinski definition) is 0. The van der Waals surface area contributed by atoms with E-state index in [4.69, 9.17) is 4.74 Å². The summed E-state index contributed by atoms with van der Waals surface area (Å²) in [4.78, 5) is 39.1. The van der Waals surface area contributed by atoms with Crippen molar-refractivity contribution in [3.63, 3.8) is 0 Å². The van der Waals surface area contributed by atoms with Crippen LogP contribution in [0.3, 0.4) is 0 Å². The first-order valence-electron chi connectivity index (χ1n) is 9.01. The number of amides is 2. The van der Waals surface area contributed by atoms with Gasteiger partial charge in [0.15, 0.2) is 5.75 Å². The number of nitrogens with zero attached hydrogens (tertiary/aromatic N) is 1. The number of carbonyl (C=O) groups excluding carboxylic acids is 3. The zero-order valence-electron chi connectivity index (χ0n) is 14.6. The van der Waals surface area contributed by atoms with Crippen molar-refractivity contribution in [2.45, 2.75) is 25.7 Å². The lowest BCUT2D eigenvalue weighted by Gasteiger charge is -2.19. The molecular formula is C21H18FNO4. The molecule has 1 aliphatic carbocycles. The van der Waals surface area contributed by atoms with Crippen molar-refractivity contribution >= 4 is 23.5 Å². The molecule has 1 saturated carbocycles. The van der Waals surface area contributed by atoms with E-state index in [1.54, 1.807) is 18.2 Å². The molecule has 138 valence electrons. The standard InChI is InChI=1S/C21H18FNO4/c22-16-10-4-3-9-15(16)21(26)27-18-12-6-5-11-17(18)23-19(24)13-7-1-2-8-14(13)20(23)25/h3-6,9-14H,1-2,7-8H2/t13-,14+. The van der Waals surface area contributed by atoms with Gasteiger partial charge >= 0.3 is 5.97 Å². The summed E-state index contributed by atoms with van der Waals surface area (Å²) in [7, 11) is 0. The van der Waals surface area contributed by atoms with Crippen LogP contribution in [0.2, 0.25) is 0 Å². The average Bonchev–Trinajstić information content (AvgIpc) is 2.94. The molecule has 0 radical (unpaired) electrons. The van der Waals surface area contributed by atoms with Crippen LogP contribution in [0.4, 0.5) is 10.1 Å². The first-order valence-corrected chi connectivity index (χ1v) is 9.01. The highest BCUT2D eigenvalue weighted by molar-refractivity contribution is 6.22. The Bertz CT molecular complexity index is 902. The molecule has 0 unspecified atom stereocenters. The van der Waals surface area contributed by atoms with E-state index in [0.717, 1.165) is 17.7 Å². The zero-order valence-corrected chi connectivity index (χ0v) is 14.6. The van der Waals surface area contributed by atoms with Crippen LogP contribution >= 0.6 is 0 Å². The minimum Gasteiger partial charge on any atom is -0.421 e. The van der Waals surface area contributed by atoms with Crippen LogP contribution in [0.1, 0.15) is 36.0 Å². The Morgan fingerprint density at radius 1 is 0.926 bits per heavy atom. The molecule has 2 aromatic carbocycles. The third-order valence-electron chi connectivity index (χ3n) is 5.24. The van der Waals surface area contributed by atoms with Gasteiger partial charge in [-0.2, -0.15) is 0 Å². The molecule has 4 rings (SSSR count). The van der Waals surface area contributed by atoms with E-state index in [2.05, 4.69) is 0 Å². The summed E-state index contributed by atoms with van der Waals surface area (Å²) in [6, 6.07) is 11.9. The monoisotopic (exact) mass is 367 g/mol. The van der Waals surface area contributed by atoms with E-state index in [9.17, 15) is 18.8 Å². The molecule has 2 atom stereocenters. The van der Waals surface area contributed by atoms with Gasteiger partial charge in [0, 0.05) is 0 Å². The number of halogens is 1. The lowest BCUT2D eigenvalue weighted by atomic mass is 9.81. The first kappa shape index (κ1) is 17.4. The number of fused-ring (bicyclic) bond motifs is 1. The average molecular weight is 367 g/mol. The topological polar surface area (TPSA) is 63.7 Å². The molecule has 1 heterocycles. The van der Waals surface area contributed by atoms with Crippen LogP contribution in [0.5, 0.6) is 5.75 Å². The molecule has 0 spiro atoms. The summed E-state index contributed by atoms with van der Waals surface area (Å²) in [5, 5.41) is 0. The number of para-hydroxylation sites is 2. The lowest BCUT2D eigenvalue weighted by Crippen LogP contribution is -2.31. The summed E-state index contributed by atoms with van der Waals surface area (Å²) >= 11 is 0. The molecule has 1 aliphatic heterocycles. The number of benzene rings is 2. The van der Waals surface area contributed by atoms with E-state index in [1.165, 1.54) is 30.3 Å². The van der Waals surface area contributed by atoms with Crippen LogP contribution in [-0.4, -0.2) is 17.8 Å². The maximum Gasteiger partial charge on any atom is 0.346 e. The number of carbonyl (C=O) groups is 3. The minimum atomic E-state index is -0.878. The highest BCUT2D eigenvalue weighted by atomic mass is 19.1. The molecule has 27 heavy (non-hydrogen) atoms. The Kier molecular flexibility index (Phi) is 4.48. The van der Waals surface area contributed by atoms with Crippen LogP contribution < -0.4 is 9.64 Å². The summed E-state index contributed by atoms with van der Waals surface area (Å²) in [6.07, 6.45) is 3.25. The lowest BCUT2D eigenvalue weighted by molar-refractivity contribution is -0.122. The van der Waals surface area contributed by atoms with Gasteiger partial charge in [0.2, 0.25) is 11.8 Å². The smallest absolute Gasteiger partial charge is 0.346 e. The van der Waals surface area contributed by atoms with Crippen LogP contribution in [-0.2, 0) is 9.59 Å². The molecule has 6 heteroatoms. The van der Waals surface area contributed by atoms with Crippen LogP contribution in [0.25, 0.3) is 0 Å². The second-order valence-electron chi connectivity index (χ2n) is 6.85. The fourth-order valence-electron chi connectivity index (χ4n) is 3.91. The molecular weight excluding hydrogens is 349 g/mol. The van der Waals surface area contributed by atoms with E-state index in [0.29, 0.717) is 12.8 Å². The predicted octanol–water partition coefficient (Wildman–Crippen LogP) is 3.72. The van der Waals surface area contributed by atoms with Crippen molar-refractivity contribution in [3.8, 4) is 5.75 Å². The molecule has 5 nitrogen and oxygen atoms in total. The number of anilines is 1. The summed E-state index contributed by atoms with van der Waals surface area (Å²) < 4.78 is 19.2. The number of rotatable bonds is 3. The van der Waals surface area contributed by atoms with Gasteiger partial charge < -0.3 is 4.74 Å². The van der Waals surface area contributed by atoms with Crippen molar-refractivity contribution in [3.05, 3.63) is 59.9 Å². The van der Waals surface area contributed by atoms with Crippen molar-refractivity contribution in [2.75, 3.05) is 4.90 Å². The fraction of sp³-hybridized carbons (Fsp3) is 0.286. The van der Waals surface area contributed by atoms with Gasteiger partial charge in [0.1, 0.15) is 5.82 Å². The second-order valence-corrected chi connectivity index (χ2v) is 6.85. The highest BCUT2D eigenvalue weighted by Gasteiger charge is 2.49. The van der Waals surface area contributed by atoms with Gasteiger partial charge in [-0.15, -0.1) is 0 Å². The van der Waals surface area contributed by atoms with E-state index >= 15 is 0 Å². The zero-order chi connectivity index (χ0) is 19.0. The van der Waals surface area contributed by atoms with E-state index in [1.807, 2.05) is 0 Å². The third kappa shape index (κ3) is 3.01. The minimum absolute atomic E-state index is 0.0612. The third-order valence-corrected chi connectivity index (χ3v) is 5.24. The molecule has 2 amide bonds. The maximum atomic E-state index is 13.8. The summed E-state index contributed by atoms with van der Waals surface area (Å²) in [5.41, 5.74) is 0.0200. The molecule has 0 bridgehead atoms. The largest absolute Gasteiger partial charge is 0.421 e. The quantitative estimate of drug-likeness (QED) is 0.471. The summed E-state index contributed by atoms with van der Waals surface area (Å²) in [5.74, 6) is -2.62. The molecule has 2 fully saturated rings. The number of esters is 1. The molecule has 1 saturated heterocycles. The van der Waals surface area contributed by atoms with Gasteiger partial charge in [-0.05, 0) is 37.1 Å². The van der Waals surface area contributed by atoms with Gasteiger partial charge in [0.05, 0.1) is 23.1 Å². The van der Waals surface area contributed by atoms with E-state index in [-0.39, 0.29) is 40.7 Å². The van der Waals surface area contributed by atoms with Gasteiger partial charge in [-0.3, -0.25) is 9.59 Å². The Balaban J connectivity index is 1.66. The van der Waals surface area contributed by atoms with Crippen molar-refractivity contribution in [1.29, 1.82) is 0 Å². The number of imide groups is 1. The predicted molar refractivity (Wildman–Crippen MR) is 95.7 cm³/mol. The molecule has 0 aromatic heterocycles. The van der Waals surface area contributed by atoms with Crippen LogP contribution in [0.15, 0.2) is 48.5 Å². The molecule has 0 N–H and O–H groups in total. The van der Waals surface area contributed by atoms with Crippen LogP contribution in [0, 0.1) is 17.7 Å². The van der Waals surface area contributed by atoms with Gasteiger partial charge in [0.25, 0.3) is 0 Å². The van der Waals surface area contributed by atoms with E-state index < -0.39 is 11.8 Å². The first-order chi connectivity index (χ1) is 13.1. The second kappa shape index (κ2) is 6.95. The Labute approximate surface area is 155 Å². The highest BCUT2D eigenvalue weighted by Crippen LogP contribution is 2.42. The summed E-state index contributed by atoms with van der Waals surface area (Å²) in [6.45, 7) is 0. The Morgan fingerprint density at radius 2 is 1.52 bits per heavy atom. The SMILES string of the molecule is O=C(Oc1ccccc1N1C(=O)[C@H]2CCCC[C@H]2C1=O)c1ccccc1F. The van der Waals surface area contributed by atoms with Crippen molar-refractivity contribution < 1.29 is 23.5 Å². The van der Waals surface area contributed by atoms with Crippen molar-refractivity contribution in [1.82, 2.24) is 0 Å². The number of hydrogen-bond acceptors (Lipinski definition) is 4. The molecule has 2 aliphatic rings. The van der Waals surface area contributed by atoms with Gasteiger partial charge in [-0.1, -0.05) is 37.1 Å². The normalized spacial score (nSPS) is 21.9. The molecule has 2 aromatic rings. The van der Waals surface area contributed by atoms with Gasteiger partial charge in [-0.25, -0.2) is 14.1 Å². The fourth-order valence-corrected chi connectivity index (χ4v) is 3.91. The van der Waals surface area contributed by atoms with Crippen molar-refractivity contribution in [2.24, 2.45) is 11.8 Å². The Morgan fingerprint density at radius 3 is 2.19 bits per heavy atom. The Hall–Kier alpha value is -3.02.